The van der Waals surface area contributed by atoms with Gasteiger partial charge in [0, 0.05) is 5.56 Å². The summed E-state index contributed by atoms with van der Waals surface area (Å²) in [5.41, 5.74) is 1.86. The second-order valence-electron chi connectivity index (χ2n) is 5.14. The van der Waals surface area contributed by atoms with E-state index in [-0.39, 0.29) is 10.9 Å². The molecule has 0 heterocycles. The molecule has 4 nitrogen and oxygen atoms in total. The van der Waals surface area contributed by atoms with Crippen molar-refractivity contribution in [3.05, 3.63) is 59.7 Å². The lowest BCUT2D eigenvalue weighted by molar-refractivity contribution is 0.402. The quantitative estimate of drug-likeness (QED) is 0.887. The van der Waals surface area contributed by atoms with Crippen LogP contribution in [0.1, 0.15) is 30.5 Å². The molecule has 1 atom stereocenters. The minimum absolute atomic E-state index is 0.270. The van der Waals surface area contributed by atoms with E-state index in [1.54, 1.807) is 31.4 Å². The topological polar surface area (TPSA) is 55.4 Å². The number of methoxy groups -OCH3 is 1. The minimum atomic E-state index is -3.57. The molecule has 0 aliphatic rings. The molecule has 1 N–H and O–H groups in total. The normalized spacial score (nSPS) is 12.9. The predicted octanol–water partition coefficient (Wildman–Crippen LogP) is 3.43. The van der Waals surface area contributed by atoms with Gasteiger partial charge in [-0.05, 0) is 31.5 Å². The fourth-order valence-electron chi connectivity index (χ4n) is 2.29. The molecule has 0 amide bonds. The highest BCUT2D eigenvalue weighted by atomic mass is 32.2. The van der Waals surface area contributed by atoms with Crippen LogP contribution in [-0.4, -0.2) is 15.5 Å². The predicted molar refractivity (Wildman–Crippen MR) is 87.5 cm³/mol. The van der Waals surface area contributed by atoms with E-state index in [0.29, 0.717) is 12.2 Å². The van der Waals surface area contributed by atoms with E-state index >= 15 is 0 Å². The summed E-state index contributed by atoms with van der Waals surface area (Å²) in [6, 6.07) is 13.9. The molecular weight excluding hydrogens is 298 g/mol. The lowest BCUT2D eigenvalue weighted by atomic mass is 10.0. The molecule has 0 bridgehead atoms. The van der Waals surface area contributed by atoms with E-state index in [9.17, 15) is 8.42 Å². The maximum absolute atomic E-state index is 12.5. The van der Waals surface area contributed by atoms with Crippen LogP contribution in [0, 0.1) is 6.92 Å². The molecule has 5 heteroatoms. The Hall–Kier alpha value is -1.85. The molecule has 0 unspecified atom stereocenters. The van der Waals surface area contributed by atoms with Crippen molar-refractivity contribution < 1.29 is 13.2 Å². The molecule has 0 saturated carbocycles. The van der Waals surface area contributed by atoms with Crippen LogP contribution in [0.15, 0.2) is 53.4 Å². The fraction of sp³-hybridized carbons (Fsp3) is 0.294. The minimum Gasteiger partial charge on any atom is -0.496 e. The molecular formula is C17H21NO3S. The molecule has 0 radical (unpaired) electrons. The van der Waals surface area contributed by atoms with Gasteiger partial charge in [0.05, 0.1) is 18.0 Å². The summed E-state index contributed by atoms with van der Waals surface area (Å²) in [6.07, 6.45) is 0.630. The maximum Gasteiger partial charge on any atom is 0.241 e. The summed E-state index contributed by atoms with van der Waals surface area (Å²) >= 11 is 0. The molecule has 2 aromatic carbocycles. The van der Waals surface area contributed by atoms with Crippen LogP contribution in [0.3, 0.4) is 0 Å². The van der Waals surface area contributed by atoms with Gasteiger partial charge in [0.2, 0.25) is 10.0 Å². The number of sulfonamides is 1. The number of ether oxygens (including phenoxy) is 1. The fourth-order valence-corrected chi connectivity index (χ4v) is 3.59. The Labute approximate surface area is 132 Å². The summed E-state index contributed by atoms with van der Waals surface area (Å²) in [6.45, 7) is 3.86. The number of benzene rings is 2. The Kier molecular flexibility index (Phi) is 5.21. The SMILES string of the molecule is CC[C@H](NS(=O)(=O)c1ccc(C)cc1)c1ccccc1OC. The zero-order valence-corrected chi connectivity index (χ0v) is 13.9. The molecule has 0 aromatic heterocycles. The molecule has 118 valence electrons. The van der Waals surface area contributed by atoms with Crippen LogP contribution in [0.5, 0.6) is 5.75 Å². The molecule has 22 heavy (non-hydrogen) atoms. The smallest absolute Gasteiger partial charge is 0.241 e. The van der Waals surface area contributed by atoms with E-state index in [2.05, 4.69) is 4.72 Å². The molecule has 0 spiro atoms. The summed E-state index contributed by atoms with van der Waals surface area (Å²) in [5, 5.41) is 0. The standard InChI is InChI=1S/C17H21NO3S/c1-4-16(15-7-5-6-8-17(15)21-3)18-22(19,20)14-11-9-13(2)10-12-14/h5-12,16,18H,4H2,1-3H3/t16-/m0/s1. The van der Waals surface area contributed by atoms with Crippen LogP contribution >= 0.6 is 0 Å². The first-order valence-electron chi connectivity index (χ1n) is 7.20. The Morgan fingerprint density at radius 2 is 1.73 bits per heavy atom. The summed E-state index contributed by atoms with van der Waals surface area (Å²) in [7, 11) is -1.98. The average Bonchev–Trinajstić information content (AvgIpc) is 2.53. The number of aryl methyl sites for hydroxylation is 1. The lowest BCUT2D eigenvalue weighted by Gasteiger charge is -2.20. The van der Waals surface area contributed by atoms with E-state index in [1.165, 1.54) is 0 Å². The van der Waals surface area contributed by atoms with Crippen LogP contribution in [0.2, 0.25) is 0 Å². The van der Waals surface area contributed by atoms with Gasteiger partial charge in [0.1, 0.15) is 5.75 Å². The van der Waals surface area contributed by atoms with Gasteiger partial charge >= 0.3 is 0 Å². The van der Waals surface area contributed by atoms with Crippen LogP contribution < -0.4 is 9.46 Å². The van der Waals surface area contributed by atoms with Crippen LogP contribution in [0.4, 0.5) is 0 Å². The van der Waals surface area contributed by atoms with Gasteiger partial charge in [-0.2, -0.15) is 0 Å². The zero-order chi connectivity index (χ0) is 16.2. The zero-order valence-electron chi connectivity index (χ0n) is 13.0. The Morgan fingerprint density at radius 3 is 2.32 bits per heavy atom. The van der Waals surface area contributed by atoms with Gasteiger partial charge in [0.15, 0.2) is 0 Å². The van der Waals surface area contributed by atoms with Crippen LogP contribution in [-0.2, 0) is 10.0 Å². The van der Waals surface area contributed by atoms with E-state index in [1.807, 2.05) is 38.1 Å². The second kappa shape index (κ2) is 6.94. The summed E-state index contributed by atoms with van der Waals surface area (Å²) in [4.78, 5) is 0.270. The number of nitrogens with one attached hydrogen (secondary N) is 1. The van der Waals surface area contributed by atoms with Crippen molar-refractivity contribution in [1.82, 2.24) is 4.72 Å². The van der Waals surface area contributed by atoms with Crippen molar-refractivity contribution in [2.75, 3.05) is 7.11 Å². The third kappa shape index (κ3) is 3.67. The summed E-state index contributed by atoms with van der Waals surface area (Å²) < 4.78 is 33.2. The van der Waals surface area contributed by atoms with Crippen molar-refractivity contribution >= 4 is 10.0 Å². The number of rotatable bonds is 6. The number of hydrogen-bond acceptors (Lipinski definition) is 3. The van der Waals surface area contributed by atoms with Crippen molar-refractivity contribution in [2.24, 2.45) is 0 Å². The average molecular weight is 319 g/mol. The third-order valence-electron chi connectivity index (χ3n) is 3.55. The second-order valence-corrected chi connectivity index (χ2v) is 6.85. The highest BCUT2D eigenvalue weighted by Crippen LogP contribution is 2.28. The van der Waals surface area contributed by atoms with Gasteiger partial charge in [0.25, 0.3) is 0 Å². The van der Waals surface area contributed by atoms with Gasteiger partial charge in [-0.1, -0.05) is 42.8 Å². The molecule has 0 aliphatic heterocycles. The third-order valence-corrected chi connectivity index (χ3v) is 5.04. The van der Waals surface area contributed by atoms with E-state index in [0.717, 1.165) is 11.1 Å². The van der Waals surface area contributed by atoms with Gasteiger partial charge in [-0.25, -0.2) is 13.1 Å². The largest absolute Gasteiger partial charge is 0.496 e. The van der Waals surface area contributed by atoms with Crippen molar-refractivity contribution in [1.29, 1.82) is 0 Å². The van der Waals surface area contributed by atoms with Crippen LogP contribution in [0.25, 0.3) is 0 Å². The van der Waals surface area contributed by atoms with Gasteiger partial charge in [-0.15, -0.1) is 0 Å². The maximum atomic E-state index is 12.5. The van der Waals surface area contributed by atoms with Crippen molar-refractivity contribution in [3.63, 3.8) is 0 Å². The first-order valence-corrected chi connectivity index (χ1v) is 8.68. The molecule has 2 rings (SSSR count). The molecule has 2 aromatic rings. The first kappa shape index (κ1) is 16.5. The van der Waals surface area contributed by atoms with E-state index in [4.69, 9.17) is 4.74 Å². The van der Waals surface area contributed by atoms with Gasteiger partial charge in [-0.3, -0.25) is 0 Å². The highest BCUT2D eigenvalue weighted by molar-refractivity contribution is 7.89. The Balaban J connectivity index is 2.31. The Morgan fingerprint density at radius 1 is 1.09 bits per heavy atom. The summed E-state index contributed by atoms with van der Waals surface area (Å²) in [5.74, 6) is 0.681. The Bertz CT molecular complexity index is 724. The van der Waals surface area contributed by atoms with Crippen molar-refractivity contribution in [3.8, 4) is 5.75 Å². The van der Waals surface area contributed by atoms with Crippen molar-refractivity contribution in [2.45, 2.75) is 31.2 Å². The molecule has 0 saturated heterocycles. The molecule has 0 aliphatic carbocycles. The monoisotopic (exact) mass is 319 g/mol. The van der Waals surface area contributed by atoms with E-state index < -0.39 is 10.0 Å². The molecule has 0 fully saturated rings. The highest BCUT2D eigenvalue weighted by Gasteiger charge is 2.22. The lowest BCUT2D eigenvalue weighted by Crippen LogP contribution is -2.28. The number of para-hydroxylation sites is 1. The van der Waals surface area contributed by atoms with Gasteiger partial charge < -0.3 is 4.74 Å². The first-order chi connectivity index (χ1) is 10.5. The number of hydrogen-bond donors (Lipinski definition) is 1.